The molecule has 0 unspecified atom stereocenters. The number of para-hydroxylation sites is 2. The van der Waals surface area contributed by atoms with Crippen molar-refractivity contribution in [2.24, 2.45) is 0 Å². The first kappa shape index (κ1) is 19.9. The van der Waals surface area contributed by atoms with Crippen LogP contribution in [0.4, 0.5) is 10.1 Å². The molecule has 0 saturated carbocycles. The van der Waals surface area contributed by atoms with Gasteiger partial charge in [0.25, 0.3) is 5.91 Å². The SMILES string of the molecule is O=C(c1cc(COc2ccccc2F)cs1)N(Cc1ccccc1)c1ccccc1. The van der Waals surface area contributed by atoms with Gasteiger partial charge in [0.05, 0.1) is 11.4 Å². The molecule has 0 saturated heterocycles. The normalized spacial score (nSPS) is 10.6. The first-order valence-electron chi connectivity index (χ1n) is 9.56. The van der Waals surface area contributed by atoms with Crippen LogP contribution in [0.25, 0.3) is 0 Å². The molecular weight excluding hydrogens is 397 g/mol. The van der Waals surface area contributed by atoms with E-state index in [1.165, 1.54) is 17.4 Å². The quantitative estimate of drug-likeness (QED) is 0.352. The number of anilines is 1. The Hall–Kier alpha value is -3.44. The molecule has 0 radical (unpaired) electrons. The molecule has 3 nitrogen and oxygen atoms in total. The zero-order chi connectivity index (χ0) is 20.8. The summed E-state index contributed by atoms with van der Waals surface area (Å²) >= 11 is 1.37. The first-order valence-corrected chi connectivity index (χ1v) is 10.4. The van der Waals surface area contributed by atoms with Crippen LogP contribution in [0.15, 0.2) is 96.4 Å². The van der Waals surface area contributed by atoms with Crippen molar-refractivity contribution in [2.45, 2.75) is 13.2 Å². The smallest absolute Gasteiger partial charge is 0.268 e. The molecule has 0 spiro atoms. The molecule has 5 heteroatoms. The zero-order valence-electron chi connectivity index (χ0n) is 16.2. The third kappa shape index (κ3) is 4.75. The molecule has 30 heavy (non-hydrogen) atoms. The molecule has 0 aliphatic carbocycles. The Balaban J connectivity index is 1.52. The Labute approximate surface area is 179 Å². The summed E-state index contributed by atoms with van der Waals surface area (Å²) < 4.78 is 19.3. The largest absolute Gasteiger partial charge is 0.486 e. The number of carbonyl (C=O) groups is 1. The second-order valence-electron chi connectivity index (χ2n) is 6.75. The maximum Gasteiger partial charge on any atom is 0.268 e. The number of carbonyl (C=O) groups excluding carboxylic acids is 1. The fourth-order valence-corrected chi connectivity index (χ4v) is 3.92. The molecule has 0 fully saturated rings. The van der Waals surface area contributed by atoms with Crippen LogP contribution in [0.1, 0.15) is 20.8 Å². The molecule has 0 aliphatic rings. The third-order valence-electron chi connectivity index (χ3n) is 4.59. The van der Waals surface area contributed by atoms with Crippen molar-refractivity contribution in [3.05, 3.63) is 118 Å². The van der Waals surface area contributed by atoms with Crippen LogP contribution in [0.5, 0.6) is 5.75 Å². The number of hydrogen-bond donors (Lipinski definition) is 0. The van der Waals surface area contributed by atoms with Crippen molar-refractivity contribution in [1.29, 1.82) is 0 Å². The minimum Gasteiger partial charge on any atom is -0.486 e. The van der Waals surface area contributed by atoms with Crippen LogP contribution in [-0.2, 0) is 13.2 Å². The van der Waals surface area contributed by atoms with Gasteiger partial charge in [-0.2, -0.15) is 0 Å². The standard InChI is InChI=1S/C25H20FNO2S/c26-22-13-7-8-14-23(22)29-17-20-15-24(30-18-20)25(28)27(21-11-5-2-6-12-21)16-19-9-3-1-4-10-19/h1-15,18H,16-17H2. The van der Waals surface area contributed by atoms with Gasteiger partial charge >= 0.3 is 0 Å². The molecule has 3 aromatic carbocycles. The van der Waals surface area contributed by atoms with Gasteiger partial charge in [-0.05, 0) is 41.3 Å². The Kier molecular flexibility index (Phi) is 6.20. The molecule has 1 amide bonds. The number of halogens is 1. The molecule has 0 atom stereocenters. The number of nitrogens with zero attached hydrogens (tertiary/aromatic N) is 1. The summed E-state index contributed by atoms with van der Waals surface area (Å²) in [6.45, 7) is 0.678. The Morgan fingerprint density at radius 1 is 0.867 bits per heavy atom. The van der Waals surface area contributed by atoms with Gasteiger partial charge in [-0.25, -0.2) is 4.39 Å². The van der Waals surface area contributed by atoms with Gasteiger partial charge in [-0.1, -0.05) is 60.7 Å². The number of ether oxygens (including phenoxy) is 1. The van der Waals surface area contributed by atoms with E-state index >= 15 is 0 Å². The van der Waals surface area contributed by atoms with Gasteiger partial charge in [-0.3, -0.25) is 4.79 Å². The topological polar surface area (TPSA) is 29.5 Å². The predicted octanol–water partition coefficient (Wildman–Crippen LogP) is 6.31. The van der Waals surface area contributed by atoms with E-state index in [1.807, 2.05) is 72.1 Å². The maximum absolute atomic E-state index is 13.7. The van der Waals surface area contributed by atoms with Crippen LogP contribution in [0, 0.1) is 5.82 Å². The zero-order valence-corrected chi connectivity index (χ0v) is 17.0. The van der Waals surface area contributed by atoms with Crippen LogP contribution < -0.4 is 9.64 Å². The third-order valence-corrected chi connectivity index (χ3v) is 5.56. The van der Waals surface area contributed by atoms with Crippen molar-refractivity contribution in [1.82, 2.24) is 0 Å². The van der Waals surface area contributed by atoms with Crippen molar-refractivity contribution in [3.8, 4) is 5.75 Å². The van der Waals surface area contributed by atoms with Gasteiger partial charge < -0.3 is 9.64 Å². The summed E-state index contributed by atoms with van der Waals surface area (Å²) in [7, 11) is 0. The fraction of sp³-hybridized carbons (Fsp3) is 0.0800. The molecular formula is C25H20FNO2S. The van der Waals surface area contributed by atoms with Gasteiger partial charge in [0.15, 0.2) is 11.6 Å². The van der Waals surface area contributed by atoms with Crippen molar-refractivity contribution < 1.29 is 13.9 Å². The lowest BCUT2D eigenvalue weighted by molar-refractivity contribution is 0.0989. The second kappa shape index (κ2) is 9.37. The lowest BCUT2D eigenvalue weighted by atomic mass is 10.2. The lowest BCUT2D eigenvalue weighted by Gasteiger charge is -2.22. The summed E-state index contributed by atoms with van der Waals surface area (Å²) in [5, 5.41) is 1.87. The van der Waals surface area contributed by atoms with E-state index in [4.69, 9.17) is 4.74 Å². The van der Waals surface area contributed by atoms with Crippen LogP contribution in [-0.4, -0.2) is 5.91 Å². The van der Waals surface area contributed by atoms with E-state index in [2.05, 4.69) is 0 Å². The van der Waals surface area contributed by atoms with E-state index in [0.29, 0.717) is 11.4 Å². The first-order chi connectivity index (χ1) is 14.7. The van der Waals surface area contributed by atoms with E-state index in [0.717, 1.165) is 16.8 Å². The molecule has 1 heterocycles. The highest BCUT2D eigenvalue weighted by Crippen LogP contribution is 2.25. The molecule has 0 aliphatic heterocycles. The molecule has 4 aromatic rings. The number of hydrogen-bond acceptors (Lipinski definition) is 3. The van der Waals surface area contributed by atoms with Crippen LogP contribution in [0.3, 0.4) is 0 Å². The maximum atomic E-state index is 13.7. The van der Waals surface area contributed by atoms with E-state index in [9.17, 15) is 9.18 Å². The van der Waals surface area contributed by atoms with Crippen molar-refractivity contribution >= 4 is 22.9 Å². The summed E-state index contributed by atoms with van der Waals surface area (Å²) in [4.78, 5) is 15.7. The van der Waals surface area contributed by atoms with Gasteiger partial charge in [-0.15, -0.1) is 11.3 Å². The number of thiophene rings is 1. The monoisotopic (exact) mass is 417 g/mol. The highest BCUT2D eigenvalue weighted by molar-refractivity contribution is 7.12. The molecule has 150 valence electrons. The van der Waals surface area contributed by atoms with Crippen molar-refractivity contribution in [3.63, 3.8) is 0 Å². The summed E-state index contributed by atoms with van der Waals surface area (Å²) in [5.41, 5.74) is 2.72. The lowest BCUT2D eigenvalue weighted by Crippen LogP contribution is -2.29. The van der Waals surface area contributed by atoms with Crippen molar-refractivity contribution in [2.75, 3.05) is 4.90 Å². The Morgan fingerprint density at radius 2 is 1.53 bits per heavy atom. The van der Waals surface area contributed by atoms with E-state index in [-0.39, 0.29) is 18.3 Å². The average Bonchev–Trinajstić information content (AvgIpc) is 3.27. The number of benzene rings is 3. The number of rotatable bonds is 7. The summed E-state index contributed by atoms with van der Waals surface area (Å²) in [5.74, 6) is -0.277. The van der Waals surface area contributed by atoms with Crippen LogP contribution >= 0.6 is 11.3 Å². The fourth-order valence-electron chi connectivity index (χ4n) is 3.07. The molecule has 4 rings (SSSR count). The molecule has 0 N–H and O–H groups in total. The summed E-state index contributed by atoms with van der Waals surface area (Å²) in [6, 6.07) is 27.6. The Bertz CT molecular complexity index is 1110. The highest BCUT2D eigenvalue weighted by atomic mass is 32.1. The van der Waals surface area contributed by atoms with E-state index < -0.39 is 5.82 Å². The predicted molar refractivity (Wildman–Crippen MR) is 118 cm³/mol. The van der Waals surface area contributed by atoms with E-state index in [1.54, 1.807) is 23.1 Å². The summed E-state index contributed by atoms with van der Waals surface area (Å²) in [6.07, 6.45) is 0. The van der Waals surface area contributed by atoms with Gasteiger partial charge in [0, 0.05) is 11.3 Å². The van der Waals surface area contributed by atoms with Gasteiger partial charge in [0.2, 0.25) is 0 Å². The Morgan fingerprint density at radius 3 is 2.27 bits per heavy atom. The highest BCUT2D eigenvalue weighted by Gasteiger charge is 2.20. The number of amides is 1. The molecule has 0 bridgehead atoms. The van der Waals surface area contributed by atoms with Crippen LogP contribution in [0.2, 0.25) is 0 Å². The average molecular weight is 418 g/mol. The van der Waals surface area contributed by atoms with Gasteiger partial charge in [0.1, 0.15) is 6.61 Å². The second-order valence-corrected chi connectivity index (χ2v) is 7.66. The minimum absolute atomic E-state index is 0.0767. The molecule has 1 aromatic heterocycles. The minimum atomic E-state index is -0.401.